The van der Waals surface area contributed by atoms with Gasteiger partial charge < -0.3 is 4.90 Å². The van der Waals surface area contributed by atoms with Crippen molar-refractivity contribution in [2.24, 2.45) is 0 Å². The summed E-state index contributed by atoms with van der Waals surface area (Å²) < 4.78 is 23.2. The van der Waals surface area contributed by atoms with E-state index >= 15 is 0 Å². The van der Waals surface area contributed by atoms with E-state index in [2.05, 4.69) is 16.0 Å². The van der Waals surface area contributed by atoms with Crippen LogP contribution in [-0.4, -0.2) is 33.2 Å². The number of fused-ring (bicyclic) bond motifs is 1. The maximum Gasteiger partial charge on any atom is 0.175 e. The fraction of sp³-hybridized carbons (Fsp3) is 0.267. The van der Waals surface area contributed by atoms with Gasteiger partial charge in [-0.1, -0.05) is 12.1 Å². The van der Waals surface area contributed by atoms with E-state index in [0.29, 0.717) is 4.90 Å². The second-order valence-corrected chi connectivity index (χ2v) is 7.19. The minimum atomic E-state index is -3.18. The molecule has 2 heterocycles. The lowest BCUT2D eigenvalue weighted by molar-refractivity contribution is 0.602. The number of hydrogen-bond donors (Lipinski definition) is 0. The summed E-state index contributed by atoms with van der Waals surface area (Å²) in [7, 11) is -1.15. The highest BCUT2D eigenvalue weighted by atomic mass is 32.2. The van der Waals surface area contributed by atoms with Crippen LogP contribution in [0.4, 0.5) is 5.82 Å². The molecule has 104 valence electrons. The van der Waals surface area contributed by atoms with Crippen molar-refractivity contribution in [3.05, 3.63) is 42.1 Å². The van der Waals surface area contributed by atoms with Crippen LogP contribution in [0.1, 0.15) is 5.56 Å². The van der Waals surface area contributed by atoms with E-state index < -0.39 is 9.84 Å². The molecule has 0 unspecified atom stereocenters. The van der Waals surface area contributed by atoms with Gasteiger partial charge in [0, 0.05) is 31.6 Å². The minimum absolute atomic E-state index is 0.340. The van der Waals surface area contributed by atoms with Crippen molar-refractivity contribution in [1.29, 1.82) is 0 Å². The molecule has 0 radical (unpaired) electrons. The summed E-state index contributed by atoms with van der Waals surface area (Å²) in [6, 6.07) is 9.11. The normalized spacial score (nSPS) is 14.4. The van der Waals surface area contributed by atoms with Gasteiger partial charge in [0.2, 0.25) is 0 Å². The van der Waals surface area contributed by atoms with Crippen molar-refractivity contribution in [3.8, 4) is 11.1 Å². The number of nitrogens with zero attached hydrogens (tertiary/aromatic N) is 2. The molecule has 2 aromatic rings. The molecule has 3 rings (SSSR count). The maximum atomic E-state index is 11.6. The molecule has 20 heavy (non-hydrogen) atoms. The van der Waals surface area contributed by atoms with Crippen LogP contribution < -0.4 is 4.90 Å². The highest BCUT2D eigenvalue weighted by molar-refractivity contribution is 7.90. The number of sulfone groups is 1. The third kappa shape index (κ3) is 2.29. The largest absolute Gasteiger partial charge is 0.359 e. The Morgan fingerprint density at radius 1 is 1.20 bits per heavy atom. The molecule has 1 aromatic heterocycles. The van der Waals surface area contributed by atoms with E-state index in [0.717, 1.165) is 29.9 Å². The lowest BCUT2D eigenvalue weighted by Crippen LogP contribution is -2.13. The van der Waals surface area contributed by atoms with Gasteiger partial charge in [0.1, 0.15) is 5.82 Å². The average molecular weight is 288 g/mol. The van der Waals surface area contributed by atoms with Crippen molar-refractivity contribution in [3.63, 3.8) is 0 Å². The highest BCUT2D eigenvalue weighted by Crippen LogP contribution is 2.29. The monoisotopic (exact) mass is 288 g/mol. The molecule has 0 saturated heterocycles. The Morgan fingerprint density at radius 3 is 2.75 bits per heavy atom. The van der Waals surface area contributed by atoms with Crippen molar-refractivity contribution in [2.75, 3.05) is 24.7 Å². The first-order chi connectivity index (χ1) is 9.45. The van der Waals surface area contributed by atoms with Crippen LogP contribution in [0.5, 0.6) is 0 Å². The predicted molar refractivity (Wildman–Crippen MR) is 79.8 cm³/mol. The van der Waals surface area contributed by atoms with Crippen molar-refractivity contribution < 1.29 is 8.42 Å². The van der Waals surface area contributed by atoms with Crippen LogP contribution in [0.3, 0.4) is 0 Å². The third-order valence-corrected chi connectivity index (χ3v) is 4.73. The lowest BCUT2D eigenvalue weighted by Gasteiger charge is -2.11. The van der Waals surface area contributed by atoms with Crippen LogP contribution in [0, 0.1) is 0 Å². The van der Waals surface area contributed by atoms with Crippen molar-refractivity contribution in [1.82, 2.24) is 4.98 Å². The number of aromatic nitrogens is 1. The summed E-state index contributed by atoms with van der Waals surface area (Å²) in [5, 5.41) is 0. The molecular weight excluding hydrogens is 272 g/mol. The molecule has 0 atom stereocenters. The van der Waals surface area contributed by atoms with Gasteiger partial charge in [-0.3, -0.25) is 0 Å². The van der Waals surface area contributed by atoms with Gasteiger partial charge in [0.05, 0.1) is 4.90 Å². The van der Waals surface area contributed by atoms with Gasteiger partial charge >= 0.3 is 0 Å². The molecule has 0 saturated carbocycles. The molecule has 5 heteroatoms. The SMILES string of the molecule is CN1CCc2cc(-c3cccc(S(C)(=O)=O)c3)cnc21. The van der Waals surface area contributed by atoms with Crippen molar-refractivity contribution in [2.45, 2.75) is 11.3 Å². The zero-order valence-corrected chi connectivity index (χ0v) is 12.3. The molecule has 0 spiro atoms. The molecule has 0 bridgehead atoms. The highest BCUT2D eigenvalue weighted by Gasteiger charge is 2.18. The lowest BCUT2D eigenvalue weighted by atomic mass is 10.1. The van der Waals surface area contributed by atoms with Gasteiger partial charge in [0.25, 0.3) is 0 Å². The van der Waals surface area contributed by atoms with Crippen LogP contribution in [-0.2, 0) is 16.3 Å². The van der Waals surface area contributed by atoms with E-state index in [1.54, 1.807) is 18.2 Å². The third-order valence-electron chi connectivity index (χ3n) is 3.62. The van der Waals surface area contributed by atoms with Gasteiger partial charge in [-0.05, 0) is 35.7 Å². The quantitative estimate of drug-likeness (QED) is 0.849. The van der Waals surface area contributed by atoms with E-state index in [4.69, 9.17) is 0 Å². The maximum absolute atomic E-state index is 11.6. The Bertz CT molecular complexity index is 769. The van der Waals surface area contributed by atoms with Gasteiger partial charge in [-0.2, -0.15) is 0 Å². The van der Waals surface area contributed by atoms with Gasteiger partial charge in [-0.15, -0.1) is 0 Å². The smallest absolute Gasteiger partial charge is 0.175 e. The van der Waals surface area contributed by atoms with E-state index in [-0.39, 0.29) is 0 Å². The number of rotatable bonds is 2. The summed E-state index contributed by atoms with van der Waals surface area (Å²) >= 11 is 0. The van der Waals surface area contributed by atoms with Crippen LogP contribution in [0.25, 0.3) is 11.1 Å². The molecule has 1 aliphatic rings. The molecule has 1 aromatic carbocycles. The van der Waals surface area contributed by atoms with Crippen molar-refractivity contribution >= 4 is 15.7 Å². The van der Waals surface area contributed by atoms with Crippen LogP contribution in [0.2, 0.25) is 0 Å². The second kappa shape index (κ2) is 4.59. The van der Waals surface area contributed by atoms with E-state index in [1.165, 1.54) is 11.8 Å². The molecule has 0 amide bonds. The summed E-state index contributed by atoms with van der Waals surface area (Å²) in [5.74, 6) is 1.02. The van der Waals surface area contributed by atoms with Crippen LogP contribution in [0.15, 0.2) is 41.4 Å². The fourth-order valence-corrected chi connectivity index (χ4v) is 3.16. The summed E-state index contributed by atoms with van der Waals surface area (Å²) in [4.78, 5) is 6.96. The molecular formula is C15H16N2O2S. The standard InChI is InChI=1S/C15H16N2O2S/c1-17-7-6-12-8-13(10-16-15(12)17)11-4-3-5-14(9-11)20(2,18)19/h3-5,8-10H,6-7H2,1-2H3. The fourth-order valence-electron chi connectivity index (χ4n) is 2.49. The molecule has 0 N–H and O–H groups in total. The Hall–Kier alpha value is -1.88. The van der Waals surface area contributed by atoms with E-state index in [1.807, 2.05) is 19.3 Å². The number of anilines is 1. The van der Waals surface area contributed by atoms with Crippen LogP contribution >= 0.6 is 0 Å². The Morgan fingerprint density at radius 2 is 2.00 bits per heavy atom. The zero-order valence-electron chi connectivity index (χ0n) is 11.5. The molecule has 0 aliphatic carbocycles. The predicted octanol–water partition coefficient (Wildman–Crippen LogP) is 2.14. The minimum Gasteiger partial charge on any atom is -0.359 e. The zero-order chi connectivity index (χ0) is 14.3. The Balaban J connectivity index is 2.06. The summed E-state index contributed by atoms with van der Waals surface area (Å²) in [6.07, 6.45) is 4.02. The first-order valence-electron chi connectivity index (χ1n) is 6.46. The topological polar surface area (TPSA) is 50.3 Å². The summed E-state index contributed by atoms with van der Waals surface area (Å²) in [5.41, 5.74) is 3.07. The molecule has 1 aliphatic heterocycles. The number of pyridine rings is 1. The van der Waals surface area contributed by atoms with Gasteiger partial charge in [-0.25, -0.2) is 13.4 Å². The van der Waals surface area contributed by atoms with Gasteiger partial charge in [0.15, 0.2) is 9.84 Å². The number of benzene rings is 1. The summed E-state index contributed by atoms with van der Waals surface area (Å²) in [6.45, 7) is 0.981. The van der Waals surface area contributed by atoms with E-state index in [9.17, 15) is 8.42 Å². The second-order valence-electron chi connectivity index (χ2n) is 5.18. The Kier molecular flexibility index (Phi) is 3.01. The molecule has 0 fully saturated rings. The number of likely N-dealkylation sites (N-methyl/N-ethyl adjacent to an activating group) is 1. The first kappa shape index (κ1) is 13.1. The number of hydrogen-bond acceptors (Lipinski definition) is 4. The Labute approximate surface area is 119 Å². The average Bonchev–Trinajstić information content (AvgIpc) is 2.79. The molecule has 4 nitrogen and oxygen atoms in total. The first-order valence-corrected chi connectivity index (χ1v) is 8.35.